The summed E-state index contributed by atoms with van der Waals surface area (Å²) in [6, 6.07) is 33.7. The van der Waals surface area contributed by atoms with Crippen molar-refractivity contribution in [1.82, 2.24) is 0 Å². The lowest BCUT2D eigenvalue weighted by molar-refractivity contribution is -0.679. The molecule has 0 saturated carbocycles. The predicted octanol–water partition coefficient (Wildman–Crippen LogP) is 0.301. The lowest BCUT2D eigenvalue weighted by atomic mass is 10.1. The Morgan fingerprint density at radius 3 is 1.18 bits per heavy atom. The molecule has 44 heavy (non-hydrogen) atoms. The minimum atomic E-state index is -0.250. The third kappa shape index (κ3) is 8.99. The Kier molecular flexibility index (Phi) is 13.1. The van der Waals surface area contributed by atoms with Gasteiger partial charge in [0.25, 0.3) is 23.5 Å². The van der Waals surface area contributed by atoms with Crippen LogP contribution in [0.25, 0.3) is 0 Å². The zero-order valence-corrected chi connectivity index (χ0v) is 28.7. The fraction of sp³-hybridized carbons (Fsp3) is 0.118. The molecule has 8 nitrogen and oxygen atoms in total. The predicted molar refractivity (Wildman–Crippen MR) is 166 cm³/mol. The maximum atomic E-state index is 12.8. The van der Waals surface area contributed by atoms with Gasteiger partial charge in [-0.2, -0.15) is 0 Å². The standard InChI is InChI=1S/C34H32N6O2.2HI/c1-3-39-23-7-5-9-31(39)35-27-15-19-29(20-16-27)37-33(41)25-11-13-26(14-12-25)34(42)38-30-21-17-28(18-22-30)36-32-10-6-8-24-40(32)4-2;;/h5-24H,3-4H2,1-2H3,(H2,37,38,41,42);2*1H. The molecule has 10 heteroatoms. The number of anilines is 6. The van der Waals surface area contributed by atoms with Gasteiger partial charge < -0.3 is 58.6 Å². The fourth-order valence-corrected chi connectivity index (χ4v) is 4.48. The molecule has 226 valence electrons. The Hall–Kier alpha value is -4.04. The molecule has 0 fully saturated rings. The number of pyridine rings is 2. The van der Waals surface area contributed by atoms with Gasteiger partial charge in [-0.05, 0) is 98.8 Å². The number of carbonyl (C=O) groups is 2. The fourth-order valence-electron chi connectivity index (χ4n) is 4.48. The average molecular weight is 812 g/mol. The Bertz CT molecular complexity index is 1550. The van der Waals surface area contributed by atoms with Crippen LogP contribution in [-0.4, -0.2) is 11.8 Å². The van der Waals surface area contributed by atoms with E-state index in [1.165, 1.54) is 0 Å². The third-order valence-electron chi connectivity index (χ3n) is 6.80. The SMILES string of the molecule is CC[n+]1ccccc1Nc1ccc(NC(=O)c2ccc(C(=O)Nc3ccc(Nc4cccc[n+]4CC)cc3)cc2)cc1.[I-].[I-]. The molecule has 5 rings (SSSR count). The van der Waals surface area contributed by atoms with E-state index in [4.69, 9.17) is 0 Å². The maximum Gasteiger partial charge on any atom is 0.279 e. The van der Waals surface area contributed by atoms with Gasteiger partial charge in [0.05, 0.1) is 25.5 Å². The van der Waals surface area contributed by atoms with Crippen molar-refractivity contribution >= 4 is 46.2 Å². The number of halogens is 2. The van der Waals surface area contributed by atoms with Crippen molar-refractivity contribution in [3.63, 3.8) is 0 Å². The van der Waals surface area contributed by atoms with Crippen molar-refractivity contribution in [2.45, 2.75) is 26.9 Å². The van der Waals surface area contributed by atoms with E-state index in [9.17, 15) is 9.59 Å². The quantitative estimate of drug-likeness (QED) is 0.121. The van der Waals surface area contributed by atoms with Gasteiger partial charge >= 0.3 is 0 Å². The molecular formula is C34H34I2N6O2. The average Bonchev–Trinajstić information content (AvgIpc) is 3.03. The minimum Gasteiger partial charge on any atom is -1.00 e. The number of benzene rings is 3. The van der Waals surface area contributed by atoms with Crippen LogP contribution in [0.4, 0.5) is 34.4 Å². The van der Waals surface area contributed by atoms with Crippen molar-refractivity contribution in [2.24, 2.45) is 0 Å². The number of hydrogen-bond donors (Lipinski definition) is 4. The van der Waals surface area contributed by atoms with E-state index < -0.39 is 0 Å². The number of amides is 2. The Morgan fingerprint density at radius 2 is 0.841 bits per heavy atom. The van der Waals surface area contributed by atoms with Crippen LogP contribution in [-0.2, 0) is 13.1 Å². The normalized spacial score (nSPS) is 10.0. The summed E-state index contributed by atoms with van der Waals surface area (Å²) in [5, 5.41) is 12.6. The topological polar surface area (TPSA) is 90.0 Å². The van der Waals surface area contributed by atoms with Gasteiger partial charge in [0.2, 0.25) is 0 Å². The summed E-state index contributed by atoms with van der Waals surface area (Å²) < 4.78 is 4.22. The highest BCUT2D eigenvalue weighted by atomic mass is 127. The molecule has 0 spiro atoms. The molecule has 0 saturated heterocycles. The molecule has 2 amide bonds. The van der Waals surface area contributed by atoms with Gasteiger partial charge in [0.15, 0.2) is 0 Å². The van der Waals surface area contributed by atoms with Gasteiger partial charge in [-0.25, -0.2) is 19.8 Å². The molecule has 4 N–H and O–H groups in total. The number of rotatable bonds is 10. The second-order valence-electron chi connectivity index (χ2n) is 9.63. The number of hydrogen-bond acceptors (Lipinski definition) is 4. The summed E-state index contributed by atoms with van der Waals surface area (Å²) in [7, 11) is 0. The van der Waals surface area contributed by atoms with Crippen LogP contribution in [0.5, 0.6) is 0 Å². The van der Waals surface area contributed by atoms with Gasteiger partial charge in [0.1, 0.15) is 11.4 Å². The van der Waals surface area contributed by atoms with E-state index in [-0.39, 0.29) is 59.8 Å². The van der Waals surface area contributed by atoms with Gasteiger partial charge in [-0.15, -0.1) is 0 Å². The Labute approximate surface area is 292 Å². The molecule has 0 aliphatic heterocycles. The van der Waals surface area contributed by atoms with E-state index in [0.29, 0.717) is 22.5 Å². The van der Waals surface area contributed by atoms with Gasteiger partial charge in [0, 0.05) is 34.6 Å². The number of aromatic nitrogens is 2. The van der Waals surface area contributed by atoms with E-state index in [1.54, 1.807) is 24.3 Å². The zero-order valence-electron chi connectivity index (χ0n) is 24.4. The molecule has 0 atom stereocenters. The highest BCUT2D eigenvalue weighted by molar-refractivity contribution is 6.07. The molecule has 2 aromatic heterocycles. The van der Waals surface area contributed by atoms with Gasteiger partial charge in [-0.3, -0.25) is 9.59 Å². The first-order chi connectivity index (χ1) is 20.5. The van der Waals surface area contributed by atoms with Crippen LogP contribution in [0.15, 0.2) is 122 Å². The molecule has 0 bridgehead atoms. The monoisotopic (exact) mass is 812 g/mol. The van der Waals surface area contributed by atoms with E-state index in [0.717, 1.165) is 36.1 Å². The lowest BCUT2D eigenvalue weighted by Gasteiger charge is -2.09. The van der Waals surface area contributed by atoms with Crippen LogP contribution in [0.2, 0.25) is 0 Å². The van der Waals surface area contributed by atoms with Crippen LogP contribution in [0.3, 0.4) is 0 Å². The van der Waals surface area contributed by atoms with Crippen molar-refractivity contribution in [1.29, 1.82) is 0 Å². The van der Waals surface area contributed by atoms with Gasteiger partial charge in [-0.1, -0.05) is 12.1 Å². The minimum absolute atomic E-state index is 0. The molecule has 0 aliphatic carbocycles. The smallest absolute Gasteiger partial charge is 0.279 e. The summed E-state index contributed by atoms with van der Waals surface area (Å²) in [4.78, 5) is 25.6. The number of aryl methyl sites for hydroxylation is 2. The second-order valence-corrected chi connectivity index (χ2v) is 9.63. The van der Waals surface area contributed by atoms with Crippen LogP contribution in [0.1, 0.15) is 34.6 Å². The molecule has 0 aliphatic rings. The van der Waals surface area contributed by atoms with Crippen LogP contribution >= 0.6 is 0 Å². The Balaban J connectivity index is 0.00000264. The summed E-state index contributed by atoms with van der Waals surface area (Å²) in [6.07, 6.45) is 4.05. The van der Waals surface area contributed by atoms with Crippen molar-refractivity contribution in [3.05, 3.63) is 133 Å². The first-order valence-electron chi connectivity index (χ1n) is 14.0. The van der Waals surface area contributed by atoms with Crippen molar-refractivity contribution < 1.29 is 66.7 Å². The maximum absolute atomic E-state index is 12.8. The first kappa shape index (κ1) is 34.5. The second kappa shape index (κ2) is 16.7. The lowest BCUT2D eigenvalue weighted by Crippen LogP contribution is -3.00. The first-order valence-corrected chi connectivity index (χ1v) is 14.0. The van der Waals surface area contributed by atoms with E-state index in [1.807, 2.05) is 97.3 Å². The van der Waals surface area contributed by atoms with Crippen LogP contribution in [0, 0.1) is 0 Å². The number of nitrogens with zero attached hydrogens (tertiary/aromatic N) is 2. The summed E-state index contributed by atoms with van der Waals surface area (Å²) in [5.41, 5.74) is 4.12. The molecule has 0 radical (unpaired) electrons. The van der Waals surface area contributed by atoms with Crippen LogP contribution < -0.4 is 78.4 Å². The molecule has 0 unspecified atom stereocenters. The highest BCUT2D eigenvalue weighted by Crippen LogP contribution is 2.20. The largest absolute Gasteiger partial charge is 1.00 e. The molecule has 2 heterocycles. The Morgan fingerprint density at radius 1 is 0.500 bits per heavy atom. The summed E-state index contributed by atoms with van der Waals surface area (Å²) in [6.45, 7) is 5.90. The number of nitrogens with one attached hydrogen (secondary N) is 4. The van der Waals surface area contributed by atoms with Crippen molar-refractivity contribution in [2.75, 3.05) is 21.3 Å². The zero-order chi connectivity index (χ0) is 29.3. The van der Waals surface area contributed by atoms with E-state index >= 15 is 0 Å². The number of carbonyl (C=O) groups excluding carboxylic acids is 2. The molecular weight excluding hydrogens is 778 g/mol. The third-order valence-corrected chi connectivity index (χ3v) is 6.80. The highest BCUT2D eigenvalue weighted by Gasteiger charge is 2.12. The van der Waals surface area contributed by atoms with E-state index in [2.05, 4.69) is 44.2 Å². The van der Waals surface area contributed by atoms with Crippen molar-refractivity contribution in [3.8, 4) is 0 Å². The molecule has 3 aromatic carbocycles. The summed E-state index contributed by atoms with van der Waals surface area (Å²) >= 11 is 0. The molecule has 5 aromatic rings. The summed E-state index contributed by atoms with van der Waals surface area (Å²) in [5.74, 6) is 1.48.